The normalized spacial score (nSPS) is 11.2. The fourth-order valence-corrected chi connectivity index (χ4v) is 4.74. The maximum Gasteiger partial charge on any atom is 0.305 e. The molecule has 0 radical (unpaired) electrons. The minimum absolute atomic E-state index is 0.0482. The molecule has 3 aromatic heterocycles. The fourth-order valence-electron chi connectivity index (χ4n) is 3.50. The number of amides is 1. The SMILES string of the molecule is O=C(O)CCNC(=O)c1ccc(-c2csc(-n3[nH]c(-c4ccccc4)c(N=Nc4nccs4)c3=O)n2)cc1. The van der Waals surface area contributed by atoms with E-state index in [1.54, 1.807) is 35.8 Å². The van der Waals surface area contributed by atoms with Gasteiger partial charge in [-0.25, -0.2) is 9.97 Å². The van der Waals surface area contributed by atoms with E-state index in [1.807, 2.05) is 35.7 Å². The van der Waals surface area contributed by atoms with Crippen molar-refractivity contribution < 1.29 is 14.7 Å². The van der Waals surface area contributed by atoms with E-state index in [0.717, 1.165) is 11.1 Å². The number of hydrogen-bond donors (Lipinski definition) is 3. The summed E-state index contributed by atoms with van der Waals surface area (Å²) in [6, 6.07) is 16.1. The Labute approximate surface area is 223 Å². The Morgan fingerprint density at radius 2 is 1.82 bits per heavy atom. The van der Waals surface area contributed by atoms with Crippen molar-refractivity contribution in [1.29, 1.82) is 0 Å². The van der Waals surface area contributed by atoms with Gasteiger partial charge in [-0.1, -0.05) is 42.5 Å². The van der Waals surface area contributed by atoms with Gasteiger partial charge in [-0.05, 0) is 12.1 Å². The molecule has 3 N–H and O–H groups in total. The first kappa shape index (κ1) is 24.9. The van der Waals surface area contributed by atoms with Crippen LogP contribution in [0, 0.1) is 0 Å². The molecule has 0 aliphatic carbocycles. The molecule has 0 bridgehead atoms. The molecule has 11 nitrogen and oxygen atoms in total. The Kier molecular flexibility index (Phi) is 7.28. The smallest absolute Gasteiger partial charge is 0.305 e. The first-order valence-corrected chi connectivity index (χ1v) is 13.0. The Morgan fingerprint density at radius 1 is 1.03 bits per heavy atom. The van der Waals surface area contributed by atoms with Crippen LogP contribution >= 0.6 is 22.7 Å². The van der Waals surface area contributed by atoms with Crippen molar-refractivity contribution in [3.8, 4) is 27.6 Å². The number of carboxylic acid groups (broad SMARTS) is 1. The fraction of sp³-hybridized carbons (Fsp3) is 0.0800. The summed E-state index contributed by atoms with van der Waals surface area (Å²) in [5, 5.41) is 27.1. The van der Waals surface area contributed by atoms with Crippen LogP contribution in [0.5, 0.6) is 0 Å². The van der Waals surface area contributed by atoms with Crippen molar-refractivity contribution in [2.45, 2.75) is 6.42 Å². The second-order valence-electron chi connectivity index (χ2n) is 7.85. The number of carbonyl (C=O) groups is 2. The number of H-pyrrole nitrogens is 1. The number of rotatable bonds is 9. The van der Waals surface area contributed by atoms with E-state index in [9.17, 15) is 14.4 Å². The number of hydrogen-bond acceptors (Lipinski definition) is 9. The molecule has 13 heteroatoms. The summed E-state index contributed by atoms with van der Waals surface area (Å²) < 4.78 is 1.33. The van der Waals surface area contributed by atoms with Crippen molar-refractivity contribution in [3.05, 3.63) is 87.5 Å². The lowest BCUT2D eigenvalue weighted by molar-refractivity contribution is -0.136. The topological polar surface area (TPSA) is 155 Å². The summed E-state index contributed by atoms with van der Waals surface area (Å²) >= 11 is 2.58. The maximum atomic E-state index is 13.4. The Bertz CT molecular complexity index is 1650. The molecule has 3 heterocycles. The highest BCUT2D eigenvalue weighted by Crippen LogP contribution is 2.30. The Hall–Kier alpha value is -4.75. The van der Waals surface area contributed by atoms with E-state index in [0.29, 0.717) is 27.2 Å². The number of carboxylic acids is 1. The number of thiazole rings is 2. The van der Waals surface area contributed by atoms with E-state index in [4.69, 9.17) is 5.11 Å². The zero-order valence-corrected chi connectivity index (χ0v) is 21.2. The lowest BCUT2D eigenvalue weighted by Gasteiger charge is -2.04. The van der Waals surface area contributed by atoms with Crippen LogP contribution in [0.2, 0.25) is 0 Å². The minimum atomic E-state index is -0.980. The van der Waals surface area contributed by atoms with Gasteiger partial charge in [-0.2, -0.15) is 4.68 Å². The van der Waals surface area contributed by atoms with Gasteiger partial charge in [-0.15, -0.1) is 32.9 Å². The molecule has 5 rings (SSSR count). The third kappa shape index (κ3) is 5.48. The number of nitrogens with one attached hydrogen (secondary N) is 2. The Morgan fingerprint density at radius 3 is 2.53 bits per heavy atom. The number of azo groups is 1. The van der Waals surface area contributed by atoms with Gasteiger partial charge in [0.05, 0.1) is 17.8 Å². The van der Waals surface area contributed by atoms with Gasteiger partial charge in [0, 0.05) is 40.2 Å². The predicted octanol–water partition coefficient (Wildman–Crippen LogP) is 5.03. The van der Waals surface area contributed by atoms with Crippen LogP contribution in [0.25, 0.3) is 27.6 Å². The van der Waals surface area contributed by atoms with Crippen LogP contribution in [0.15, 0.2) is 86.6 Å². The number of carbonyl (C=O) groups excluding carboxylic acids is 1. The van der Waals surface area contributed by atoms with Crippen LogP contribution in [0.1, 0.15) is 16.8 Å². The van der Waals surface area contributed by atoms with E-state index in [-0.39, 0.29) is 24.6 Å². The van der Waals surface area contributed by atoms with E-state index in [2.05, 4.69) is 30.6 Å². The maximum absolute atomic E-state index is 13.4. The van der Waals surface area contributed by atoms with E-state index >= 15 is 0 Å². The molecule has 38 heavy (non-hydrogen) atoms. The monoisotopic (exact) mass is 545 g/mol. The van der Waals surface area contributed by atoms with Gasteiger partial charge in [0.25, 0.3) is 5.91 Å². The first-order valence-electron chi connectivity index (χ1n) is 11.3. The number of aromatic amines is 1. The van der Waals surface area contributed by atoms with Gasteiger partial charge in [0.15, 0.2) is 5.69 Å². The third-order valence-corrected chi connectivity index (χ3v) is 6.82. The van der Waals surface area contributed by atoms with E-state index < -0.39 is 11.5 Å². The molecule has 0 aliphatic heterocycles. The predicted molar refractivity (Wildman–Crippen MR) is 144 cm³/mol. The van der Waals surface area contributed by atoms with Crippen LogP contribution in [0.3, 0.4) is 0 Å². The van der Waals surface area contributed by atoms with Gasteiger partial charge >= 0.3 is 11.5 Å². The standard InChI is InChI=1S/C25H19N7O4S2/c33-19(34)10-11-26-22(35)17-8-6-15(7-9-17)18-14-38-25(28-18)32-23(36)21(29-30-24-27-12-13-37-24)20(31-32)16-4-2-1-3-5-16/h1-9,12-14,31H,10-11H2,(H,26,35)(H,33,34). The van der Waals surface area contributed by atoms with Crippen molar-refractivity contribution in [2.75, 3.05) is 6.54 Å². The Balaban J connectivity index is 1.42. The molecule has 2 aromatic carbocycles. The molecule has 1 amide bonds. The molecule has 0 aliphatic rings. The first-order chi connectivity index (χ1) is 18.5. The van der Waals surface area contributed by atoms with E-state index in [1.165, 1.54) is 27.4 Å². The molecule has 5 aromatic rings. The number of benzene rings is 2. The van der Waals surface area contributed by atoms with Gasteiger partial charge in [-0.3, -0.25) is 19.5 Å². The number of nitrogens with zero attached hydrogens (tertiary/aromatic N) is 5. The summed E-state index contributed by atoms with van der Waals surface area (Å²) in [5.74, 6) is -1.34. The van der Waals surface area contributed by atoms with Crippen molar-refractivity contribution in [1.82, 2.24) is 25.1 Å². The zero-order chi connectivity index (χ0) is 26.5. The summed E-state index contributed by atoms with van der Waals surface area (Å²) in [6.07, 6.45) is 1.46. The van der Waals surface area contributed by atoms with Crippen LogP contribution < -0.4 is 10.9 Å². The minimum Gasteiger partial charge on any atom is -0.481 e. The number of aromatic nitrogens is 4. The summed E-state index contributed by atoms with van der Waals surface area (Å²) in [4.78, 5) is 44.9. The number of aliphatic carboxylic acids is 1. The van der Waals surface area contributed by atoms with Crippen molar-refractivity contribution >= 4 is 45.4 Å². The van der Waals surface area contributed by atoms with Gasteiger partial charge in [0.1, 0.15) is 0 Å². The van der Waals surface area contributed by atoms with Crippen LogP contribution in [0.4, 0.5) is 10.8 Å². The largest absolute Gasteiger partial charge is 0.481 e. The molecule has 0 fully saturated rings. The highest BCUT2D eigenvalue weighted by Gasteiger charge is 2.19. The second-order valence-corrected chi connectivity index (χ2v) is 9.56. The van der Waals surface area contributed by atoms with Gasteiger partial charge in [0.2, 0.25) is 10.3 Å². The summed E-state index contributed by atoms with van der Waals surface area (Å²) in [7, 11) is 0. The molecule has 190 valence electrons. The summed E-state index contributed by atoms with van der Waals surface area (Å²) in [5.41, 5.74) is 2.78. The molecule has 0 unspecified atom stereocenters. The lowest BCUT2D eigenvalue weighted by Crippen LogP contribution is -2.25. The quantitative estimate of drug-likeness (QED) is 0.221. The van der Waals surface area contributed by atoms with Crippen molar-refractivity contribution in [3.63, 3.8) is 0 Å². The third-order valence-electron chi connectivity index (χ3n) is 5.33. The molecule has 0 saturated heterocycles. The second kappa shape index (κ2) is 11.1. The molecular weight excluding hydrogens is 526 g/mol. The lowest BCUT2D eigenvalue weighted by atomic mass is 10.1. The molecule has 0 saturated carbocycles. The average molecular weight is 546 g/mol. The van der Waals surface area contributed by atoms with Crippen LogP contribution in [-0.4, -0.2) is 43.3 Å². The average Bonchev–Trinajstić information content (AvgIpc) is 3.69. The van der Waals surface area contributed by atoms with Crippen molar-refractivity contribution in [2.24, 2.45) is 10.2 Å². The highest BCUT2D eigenvalue weighted by molar-refractivity contribution is 7.13. The highest BCUT2D eigenvalue weighted by atomic mass is 32.1. The molecule has 0 spiro atoms. The van der Waals surface area contributed by atoms with Crippen LogP contribution in [-0.2, 0) is 4.79 Å². The van der Waals surface area contributed by atoms with Gasteiger partial charge < -0.3 is 10.4 Å². The zero-order valence-electron chi connectivity index (χ0n) is 19.6. The molecular formula is C25H19N7O4S2. The summed E-state index contributed by atoms with van der Waals surface area (Å²) in [6.45, 7) is 0.0482. The molecule has 0 atom stereocenters.